The molecule has 0 spiro atoms. The Hall–Kier alpha value is -4.40. The molecule has 3 aromatic carbocycles. The number of methoxy groups -OCH3 is 1. The molecule has 1 aromatic heterocycles. The Morgan fingerprint density at radius 1 is 1.03 bits per heavy atom. The van der Waals surface area contributed by atoms with Crippen molar-refractivity contribution in [1.82, 2.24) is 9.99 Å². The van der Waals surface area contributed by atoms with Crippen LogP contribution in [0, 0.1) is 0 Å². The number of carbonyl (C=O) groups excluding carboxylic acids is 1. The van der Waals surface area contributed by atoms with E-state index in [1.807, 2.05) is 48.5 Å². The van der Waals surface area contributed by atoms with Gasteiger partial charge >= 0.3 is 6.18 Å². The third-order valence-electron chi connectivity index (χ3n) is 6.30. The molecule has 0 bridgehead atoms. The van der Waals surface area contributed by atoms with Crippen molar-refractivity contribution in [3.63, 3.8) is 0 Å². The van der Waals surface area contributed by atoms with Crippen molar-refractivity contribution in [2.24, 2.45) is 5.10 Å². The molecule has 1 unspecified atom stereocenters. The molecule has 4 aromatic rings. The van der Waals surface area contributed by atoms with E-state index in [1.54, 1.807) is 13.2 Å². The number of rotatable bonds is 5. The number of hydrogen-bond donors (Lipinski definition) is 1. The molecule has 0 saturated carbocycles. The molecule has 1 amide bonds. The molecule has 9 heteroatoms. The number of nitrogens with zero attached hydrogens (tertiary/aromatic N) is 3. The predicted octanol–water partition coefficient (Wildman–Crippen LogP) is 6.70. The smallest absolute Gasteiger partial charge is 0.416 e. The van der Waals surface area contributed by atoms with Crippen LogP contribution in [0.2, 0.25) is 0 Å². The van der Waals surface area contributed by atoms with Crippen molar-refractivity contribution < 1.29 is 22.7 Å². The van der Waals surface area contributed by atoms with Crippen molar-refractivity contribution in [2.75, 3.05) is 12.4 Å². The maximum Gasteiger partial charge on any atom is 0.416 e. The number of hydrogen-bond acceptors (Lipinski definition) is 5. The highest BCUT2D eigenvalue weighted by Gasteiger charge is 2.32. The van der Waals surface area contributed by atoms with Gasteiger partial charge in [0.15, 0.2) is 0 Å². The van der Waals surface area contributed by atoms with E-state index in [2.05, 4.69) is 15.4 Å². The van der Waals surface area contributed by atoms with Gasteiger partial charge in [-0.3, -0.25) is 9.78 Å². The van der Waals surface area contributed by atoms with E-state index >= 15 is 0 Å². The van der Waals surface area contributed by atoms with Gasteiger partial charge in [-0.25, -0.2) is 5.01 Å². The molecule has 1 aliphatic rings. The fraction of sp³-hybridized carbons (Fsp3) is 0.179. The van der Waals surface area contributed by atoms with E-state index in [1.165, 1.54) is 24.2 Å². The van der Waals surface area contributed by atoms with Gasteiger partial charge in [0.05, 0.1) is 29.9 Å². The van der Waals surface area contributed by atoms with Crippen molar-refractivity contribution in [1.29, 1.82) is 0 Å². The van der Waals surface area contributed by atoms with Crippen molar-refractivity contribution >= 4 is 33.9 Å². The minimum atomic E-state index is -4.43. The number of pyridine rings is 1. The standard InChI is InChI=1S/C28H23F3N4O2/c1-17(36)35-27(19-5-10-22(37-2)11-6-19)16-25(34-35)18-3-8-21(9-4-18)33-24-13-14-32-26-15-20(28(29,30)31)7-12-23(24)26/h3-15,27H,16H2,1-2H3,(H,32,33). The predicted molar refractivity (Wildman–Crippen MR) is 136 cm³/mol. The van der Waals surface area contributed by atoms with Crippen molar-refractivity contribution in [2.45, 2.75) is 25.6 Å². The molecular weight excluding hydrogens is 481 g/mol. The van der Waals surface area contributed by atoms with Gasteiger partial charge in [0.2, 0.25) is 5.91 Å². The molecule has 1 atom stereocenters. The first-order valence-corrected chi connectivity index (χ1v) is 11.6. The quantitative estimate of drug-likeness (QED) is 0.328. The number of halogens is 3. The highest BCUT2D eigenvalue weighted by Crippen LogP contribution is 2.35. The van der Waals surface area contributed by atoms with Gasteiger partial charge in [-0.15, -0.1) is 0 Å². The molecule has 6 nitrogen and oxygen atoms in total. The Morgan fingerprint density at radius 3 is 2.41 bits per heavy atom. The number of fused-ring (bicyclic) bond motifs is 1. The molecule has 1 aliphatic heterocycles. The number of ether oxygens (including phenoxy) is 1. The molecule has 5 rings (SSSR count). The van der Waals surface area contributed by atoms with Crippen LogP contribution in [0.4, 0.5) is 24.5 Å². The lowest BCUT2D eigenvalue weighted by Gasteiger charge is -2.20. The Balaban J connectivity index is 1.36. The van der Waals surface area contributed by atoms with Crippen LogP contribution >= 0.6 is 0 Å². The van der Waals surface area contributed by atoms with E-state index < -0.39 is 11.7 Å². The second kappa shape index (κ2) is 9.57. The summed E-state index contributed by atoms with van der Waals surface area (Å²) in [7, 11) is 1.60. The normalized spacial score (nSPS) is 15.5. The van der Waals surface area contributed by atoms with Gasteiger partial charge < -0.3 is 10.1 Å². The SMILES string of the molecule is COc1ccc(C2CC(c3ccc(Nc4ccnc5cc(C(F)(F)F)ccc45)cc3)=NN2C(C)=O)cc1. The van der Waals surface area contributed by atoms with Gasteiger partial charge in [-0.1, -0.05) is 30.3 Å². The van der Waals surface area contributed by atoms with Crippen LogP contribution in [0.25, 0.3) is 10.9 Å². The number of alkyl halides is 3. The summed E-state index contributed by atoms with van der Waals surface area (Å²) in [4.78, 5) is 16.4. The molecule has 37 heavy (non-hydrogen) atoms. The molecule has 188 valence electrons. The molecule has 2 heterocycles. The fourth-order valence-electron chi connectivity index (χ4n) is 4.40. The summed E-state index contributed by atoms with van der Waals surface area (Å²) < 4.78 is 44.4. The van der Waals surface area contributed by atoms with Crippen LogP contribution < -0.4 is 10.1 Å². The Labute approximate surface area is 211 Å². The molecule has 0 fully saturated rings. The zero-order valence-electron chi connectivity index (χ0n) is 20.1. The molecule has 0 aliphatic carbocycles. The number of anilines is 2. The summed E-state index contributed by atoms with van der Waals surface area (Å²) in [6, 6.07) is 20.2. The number of hydrazone groups is 1. The van der Waals surface area contributed by atoms with Gasteiger partial charge in [0.1, 0.15) is 5.75 Å². The van der Waals surface area contributed by atoms with Crippen LogP contribution in [-0.2, 0) is 11.0 Å². The first-order chi connectivity index (χ1) is 17.7. The zero-order chi connectivity index (χ0) is 26.2. The third kappa shape index (κ3) is 4.97. The summed E-state index contributed by atoms with van der Waals surface area (Å²) in [5.41, 5.74) is 3.55. The summed E-state index contributed by atoms with van der Waals surface area (Å²) in [5, 5.41) is 9.93. The largest absolute Gasteiger partial charge is 0.497 e. The summed E-state index contributed by atoms with van der Waals surface area (Å²) in [5.74, 6) is 0.593. The van der Waals surface area contributed by atoms with Crippen LogP contribution in [0.15, 0.2) is 84.1 Å². The Morgan fingerprint density at radius 2 is 1.76 bits per heavy atom. The first-order valence-electron chi connectivity index (χ1n) is 11.6. The van der Waals surface area contributed by atoms with Gasteiger partial charge in [-0.2, -0.15) is 18.3 Å². The van der Waals surface area contributed by atoms with Gasteiger partial charge in [0.25, 0.3) is 0 Å². The zero-order valence-corrected chi connectivity index (χ0v) is 20.1. The minimum absolute atomic E-state index is 0.146. The van der Waals surface area contributed by atoms with Crippen LogP contribution in [0.3, 0.4) is 0 Å². The molecule has 0 radical (unpaired) electrons. The van der Waals surface area contributed by atoms with Crippen molar-refractivity contribution in [3.05, 3.63) is 95.7 Å². The van der Waals surface area contributed by atoms with Gasteiger partial charge in [0, 0.05) is 36.3 Å². The number of carbonyl (C=O) groups is 1. The summed E-state index contributed by atoms with van der Waals surface area (Å²) >= 11 is 0. The fourth-order valence-corrected chi connectivity index (χ4v) is 4.40. The third-order valence-corrected chi connectivity index (χ3v) is 6.30. The van der Waals surface area contributed by atoms with Crippen LogP contribution in [0.1, 0.15) is 36.1 Å². The second-order valence-electron chi connectivity index (χ2n) is 8.69. The highest BCUT2D eigenvalue weighted by atomic mass is 19.4. The van der Waals surface area contributed by atoms with E-state index in [-0.39, 0.29) is 17.5 Å². The number of nitrogens with one attached hydrogen (secondary N) is 1. The molecule has 0 saturated heterocycles. The topological polar surface area (TPSA) is 66.8 Å². The Bertz CT molecular complexity index is 1480. The maximum absolute atomic E-state index is 13.1. The Kier molecular flexibility index (Phi) is 6.29. The average Bonchev–Trinajstić information content (AvgIpc) is 3.34. The number of aromatic nitrogens is 1. The summed E-state index contributed by atoms with van der Waals surface area (Å²) in [6.45, 7) is 1.49. The van der Waals surface area contributed by atoms with E-state index in [9.17, 15) is 18.0 Å². The first kappa shape index (κ1) is 24.3. The molecule has 1 N–H and O–H groups in total. The average molecular weight is 505 g/mol. The number of benzene rings is 3. The van der Waals surface area contributed by atoms with Crippen LogP contribution in [-0.4, -0.2) is 28.7 Å². The van der Waals surface area contributed by atoms with Crippen molar-refractivity contribution in [3.8, 4) is 5.75 Å². The minimum Gasteiger partial charge on any atom is -0.497 e. The highest BCUT2D eigenvalue weighted by molar-refractivity contribution is 6.03. The lowest BCUT2D eigenvalue weighted by molar-refractivity contribution is -0.137. The number of amides is 1. The summed E-state index contributed by atoms with van der Waals surface area (Å²) in [6.07, 6.45) is -2.39. The lowest BCUT2D eigenvalue weighted by Crippen LogP contribution is -2.24. The van der Waals surface area contributed by atoms with E-state index in [4.69, 9.17) is 4.74 Å². The van der Waals surface area contributed by atoms with E-state index in [0.29, 0.717) is 17.5 Å². The van der Waals surface area contributed by atoms with E-state index in [0.717, 1.165) is 40.4 Å². The second-order valence-corrected chi connectivity index (χ2v) is 8.69. The monoisotopic (exact) mass is 504 g/mol. The van der Waals surface area contributed by atoms with Crippen LogP contribution in [0.5, 0.6) is 5.75 Å². The van der Waals surface area contributed by atoms with Gasteiger partial charge in [-0.05, 0) is 53.6 Å². The lowest BCUT2D eigenvalue weighted by atomic mass is 9.98. The molecular formula is C28H23F3N4O2. The maximum atomic E-state index is 13.1.